The van der Waals surface area contributed by atoms with E-state index < -0.39 is 23.7 Å². The minimum absolute atomic E-state index is 0.274. The first-order valence-electron chi connectivity index (χ1n) is 12.6. The van der Waals surface area contributed by atoms with Gasteiger partial charge in [-0.15, -0.1) is 0 Å². The number of methoxy groups -OCH3 is 1. The molecule has 4 rings (SSSR count). The number of hydrogen-bond donors (Lipinski definition) is 2. The zero-order valence-electron chi connectivity index (χ0n) is 22.4. The van der Waals surface area contributed by atoms with Crippen molar-refractivity contribution in [1.29, 1.82) is 0 Å². The summed E-state index contributed by atoms with van der Waals surface area (Å²) in [4.78, 5) is 26.4. The van der Waals surface area contributed by atoms with Crippen molar-refractivity contribution in [3.8, 4) is 5.75 Å². The summed E-state index contributed by atoms with van der Waals surface area (Å²) in [7, 11) is 1.55. The summed E-state index contributed by atoms with van der Waals surface area (Å²) in [6.45, 7) is 5.58. The lowest BCUT2D eigenvalue weighted by Gasteiger charge is -2.19. The Bertz CT molecular complexity index is 1560. The second-order valence-corrected chi connectivity index (χ2v) is 9.06. The van der Waals surface area contributed by atoms with Crippen LogP contribution in [0.5, 0.6) is 5.75 Å². The average Bonchev–Trinajstić information content (AvgIpc) is 2.99. The summed E-state index contributed by atoms with van der Waals surface area (Å²) >= 11 is 0. The minimum atomic E-state index is -4.49. The Morgan fingerprint density at radius 1 is 1.02 bits per heavy atom. The topological polar surface area (TPSA) is 88.0 Å². The third kappa shape index (κ3) is 7.36. The van der Waals surface area contributed by atoms with E-state index in [-0.39, 0.29) is 12.1 Å². The van der Waals surface area contributed by atoms with Crippen molar-refractivity contribution in [2.24, 2.45) is 9.98 Å². The molecule has 0 aliphatic rings. The lowest BCUT2D eigenvalue weighted by atomic mass is 10.0. The molecule has 0 saturated carbocycles. The fraction of sp³-hybridized carbons (Fsp3) is 0.161. The molecule has 0 spiro atoms. The van der Waals surface area contributed by atoms with Gasteiger partial charge in [0, 0.05) is 18.0 Å². The number of rotatable bonds is 9. The van der Waals surface area contributed by atoms with Crippen LogP contribution in [0.4, 0.5) is 24.5 Å². The Kier molecular flexibility index (Phi) is 9.13. The highest BCUT2D eigenvalue weighted by molar-refractivity contribution is 6.14. The predicted molar refractivity (Wildman–Crippen MR) is 154 cm³/mol. The first kappa shape index (κ1) is 29.0. The van der Waals surface area contributed by atoms with Gasteiger partial charge in [0.25, 0.3) is 5.91 Å². The second-order valence-electron chi connectivity index (χ2n) is 9.06. The van der Waals surface area contributed by atoms with E-state index in [1.54, 1.807) is 75.0 Å². The molecule has 3 aromatic carbocycles. The molecular formula is C31H28F3N5O2. The number of para-hydroxylation sites is 1. The van der Waals surface area contributed by atoms with Crippen LogP contribution >= 0.6 is 0 Å². The van der Waals surface area contributed by atoms with Gasteiger partial charge in [-0.3, -0.25) is 19.8 Å². The number of hydrogen-bond acceptors (Lipinski definition) is 5. The highest BCUT2D eigenvalue weighted by Crippen LogP contribution is 2.31. The van der Waals surface area contributed by atoms with Crippen LogP contribution in [-0.4, -0.2) is 30.6 Å². The molecule has 0 saturated heterocycles. The van der Waals surface area contributed by atoms with Gasteiger partial charge < -0.3 is 15.4 Å². The number of alkyl halides is 3. The van der Waals surface area contributed by atoms with Crippen LogP contribution in [-0.2, 0) is 12.7 Å². The number of pyridine rings is 1. The van der Waals surface area contributed by atoms with Gasteiger partial charge in [-0.2, -0.15) is 13.2 Å². The highest BCUT2D eigenvalue weighted by atomic mass is 19.4. The fourth-order valence-corrected chi connectivity index (χ4v) is 4.08. The van der Waals surface area contributed by atoms with Gasteiger partial charge in [0.15, 0.2) is 0 Å². The Morgan fingerprint density at radius 2 is 1.83 bits per heavy atom. The third-order valence-electron chi connectivity index (χ3n) is 6.26. The third-order valence-corrected chi connectivity index (χ3v) is 6.26. The van der Waals surface area contributed by atoms with E-state index in [4.69, 9.17) is 9.73 Å². The van der Waals surface area contributed by atoms with Crippen LogP contribution < -0.4 is 15.4 Å². The molecule has 2 N–H and O–H groups in total. The molecule has 1 aromatic heterocycles. The van der Waals surface area contributed by atoms with Crippen molar-refractivity contribution in [2.75, 3.05) is 12.4 Å². The summed E-state index contributed by atoms with van der Waals surface area (Å²) in [6.07, 6.45) is -1.11. The second kappa shape index (κ2) is 12.9. The summed E-state index contributed by atoms with van der Waals surface area (Å²) in [5.74, 6) is 0.503. The van der Waals surface area contributed by atoms with Crippen LogP contribution in [0.25, 0.3) is 0 Å². The quantitative estimate of drug-likeness (QED) is 0.171. The van der Waals surface area contributed by atoms with Gasteiger partial charge in [-0.05, 0) is 73.3 Å². The molecule has 1 heterocycles. The Labute approximate surface area is 235 Å². The number of aromatic nitrogens is 1. The minimum Gasteiger partial charge on any atom is -0.497 e. The molecule has 4 aromatic rings. The average molecular weight is 560 g/mol. The van der Waals surface area contributed by atoms with E-state index in [2.05, 4.69) is 27.3 Å². The summed E-state index contributed by atoms with van der Waals surface area (Å²) in [6, 6.07) is 20.0. The number of ether oxygens (including phenoxy) is 1. The van der Waals surface area contributed by atoms with Crippen LogP contribution in [0, 0.1) is 0 Å². The summed E-state index contributed by atoms with van der Waals surface area (Å²) < 4.78 is 45.1. The van der Waals surface area contributed by atoms with E-state index >= 15 is 0 Å². The molecular weight excluding hydrogens is 531 g/mol. The van der Waals surface area contributed by atoms with E-state index in [1.807, 2.05) is 12.1 Å². The number of aliphatic imine (C=N–C) groups is 2. The number of nitrogens with one attached hydrogen (secondary N) is 2. The first-order valence-corrected chi connectivity index (χ1v) is 12.6. The largest absolute Gasteiger partial charge is 0.497 e. The van der Waals surface area contributed by atoms with E-state index in [0.29, 0.717) is 34.1 Å². The van der Waals surface area contributed by atoms with Gasteiger partial charge >= 0.3 is 6.18 Å². The molecule has 0 radical (unpaired) electrons. The molecule has 1 amide bonds. The van der Waals surface area contributed by atoms with Crippen molar-refractivity contribution in [3.63, 3.8) is 0 Å². The molecule has 1 unspecified atom stereocenters. The number of halogens is 3. The predicted octanol–water partition coefficient (Wildman–Crippen LogP) is 6.99. The van der Waals surface area contributed by atoms with Crippen molar-refractivity contribution >= 4 is 29.8 Å². The maximum Gasteiger partial charge on any atom is 0.416 e. The zero-order chi connectivity index (χ0) is 29.4. The molecule has 1 atom stereocenters. The number of benzene rings is 3. The van der Waals surface area contributed by atoms with Crippen molar-refractivity contribution in [2.45, 2.75) is 25.7 Å². The SMILES string of the molecule is C=Nc1ccc(OC)cc1C(=NCc1cccnc1)Nc1ccccc1C(=O)NC(C)c1cccc(C(F)(F)F)c1. The molecule has 7 nitrogen and oxygen atoms in total. The van der Waals surface area contributed by atoms with E-state index in [0.717, 1.165) is 17.7 Å². The van der Waals surface area contributed by atoms with Gasteiger partial charge in [-0.25, -0.2) is 0 Å². The molecule has 10 heteroatoms. The Balaban J connectivity index is 1.66. The Hall–Kier alpha value is -4.99. The summed E-state index contributed by atoms with van der Waals surface area (Å²) in [5, 5.41) is 6.06. The van der Waals surface area contributed by atoms with Crippen molar-refractivity contribution in [1.82, 2.24) is 10.3 Å². The van der Waals surface area contributed by atoms with Crippen LogP contribution in [0.15, 0.2) is 101 Å². The monoisotopic (exact) mass is 559 g/mol. The number of nitrogens with zero attached hydrogens (tertiary/aromatic N) is 3. The molecule has 0 fully saturated rings. The number of carbonyl (C=O) groups is 1. The van der Waals surface area contributed by atoms with Crippen LogP contribution in [0.3, 0.4) is 0 Å². The van der Waals surface area contributed by atoms with E-state index in [1.165, 1.54) is 6.07 Å². The number of amidine groups is 1. The number of amides is 1. The molecule has 210 valence electrons. The normalized spacial score (nSPS) is 12.4. The van der Waals surface area contributed by atoms with Gasteiger partial charge in [0.05, 0.1) is 42.2 Å². The summed E-state index contributed by atoms with van der Waals surface area (Å²) in [5.41, 5.74) is 2.26. The Morgan fingerprint density at radius 3 is 2.54 bits per heavy atom. The van der Waals surface area contributed by atoms with Gasteiger partial charge in [-0.1, -0.05) is 30.3 Å². The smallest absolute Gasteiger partial charge is 0.416 e. The number of anilines is 1. The first-order chi connectivity index (χ1) is 19.7. The lowest BCUT2D eigenvalue weighted by molar-refractivity contribution is -0.137. The van der Waals surface area contributed by atoms with Gasteiger partial charge in [0.2, 0.25) is 0 Å². The van der Waals surface area contributed by atoms with Crippen LogP contribution in [0.1, 0.15) is 45.6 Å². The number of carbonyl (C=O) groups excluding carboxylic acids is 1. The molecule has 0 aliphatic heterocycles. The lowest BCUT2D eigenvalue weighted by Crippen LogP contribution is -2.28. The highest BCUT2D eigenvalue weighted by Gasteiger charge is 2.31. The maximum atomic E-state index is 13.4. The zero-order valence-corrected chi connectivity index (χ0v) is 22.4. The van der Waals surface area contributed by atoms with Crippen molar-refractivity contribution < 1.29 is 22.7 Å². The molecule has 0 bridgehead atoms. The van der Waals surface area contributed by atoms with Crippen molar-refractivity contribution in [3.05, 3.63) is 119 Å². The van der Waals surface area contributed by atoms with Crippen LogP contribution in [0.2, 0.25) is 0 Å². The maximum absolute atomic E-state index is 13.4. The molecule has 41 heavy (non-hydrogen) atoms. The van der Waals surface area contributed by atoms with E-state index in [9.17, 15) is 18.0 Å². The standard InChI is InChI=1S/C31H28F3N5O2/c1-20(22-9-6-10-23(16-22)31(32,33)34)38-30(40)25-11-4-5-12-28(25)39-29(37-19-21-8-7-15-36-18-21)26-17-24(41-3)13-14-27(26)35-2/h4-18,20H,2,19H2,1,3H3,(H,37,39)(H,38,40). The van der Waals surface area contributed by atoms with Gasteiger partial charge in [0.1, 0.15) is 11.6 Å². The molecule has 0 aliphatic carbocycles. The fourth-order valence-electron chi connectivity index (χ4n) is 4.08.